The van der Waals surface area contributed by atoms with Crippen LogP contribution in [0.15, 0.2) is 23.1 Å². The normalized spacial score (nSPS) is 24.2. The molecule has 2 unspecified atom stereocenters. The van der Waals surface area contributed by atoms with Crippen LogP contribution in [0, 0.1) is 5.92 Å². The molecule has 0 amide bonds. The van der Waals surface area contributed by atoms with Crippen LogP contribution in [0.5, 0.6) is 0 Å². The predicted octanol–water partition coefficient (Wildman–Crippen LogP) is 4.51. The highest BCUT2D eigenvalue weighted by Crippen LogP contribution is 2.39. The summed E-state index contributed by atoms with van der Waals surface area (Å²) >= 11 is 8.32. The molecule has 0 saturated heterocycles. The lowest BCUT2D eigenvalue weighted by molar-refractivity contribution is 0.394. The van der Waals surface area contributed by atoms with Gasteiger partial charge in [-0.3, -0.25) is 0 Å². The first-order chi connectivity index (χ1) is 8.69. The standard InChI is InChI=1S/C15H22ClNS/c1-11-3-2-4-13(9-11)18-15-6-5-12(7-8-17)10-14(15)16/h5-6,10-11,13H,2-4,7-9,17H2,1H3. The van der Waals surface area contributed by atoms with E-state index in [1.54, 1.807) is 0 Å². The lowest BCUT2D eigenvalue weighted by Gasteiger charge is -2.26. The average molecular weight is 284 g/mol. The quantitative estimate of drug-likeness (QED) is 0.880. The zero-order valence-electron chi connectivity index (χ0n) is 11.0. The van der Waals surface area contributed by atoms with E-state index in [0.29, 0.717) is 6.54 Å². The maximum absolute atomic E-state index is 6.36. The molecule has 1 aliphatic carbocycles. The molecule has 100 valence electrons. The molecule has 1 fully saturated rings. The molecule has 1 nitrogen and oxygen atoms in total. The summed E-state index contributed by atoms with van der Waals surface area (Å²) in [5.41, 5.74) is 6.80. The van der Waals surface area contributed by atoms with Crippen LogP contribution in [0.4, 0.5) is 0 Å². The van der Waals surface area contributed by atoms with E-state index in [4.69, 9.17) is 17.3 Å². The van der Waals surface area contributed by atoms with Crippen molar-refractivity contribution in [2.24, 2.45) is 11.7 Å². The Balaban J connectivity index is 2.00. The van der Waals surface area contributed by atoms with Crippen molar-refractivity contribution < 1.29 is 0 Å². The Hall–Kier alpha value is -0.180. The molecule has 18 heavy (non-hydrogen) atoms. The average Bonchev–Trinajstić information content (AvgIpc) is 2.33. The second-order valence-corrected chi connectivity index (χ2v) is 7.06. The van der Waals surface area contributed by atoms with Gasteiger partial charge < -0.3 is 5.73 Å². The van der Waals surface area contributed by atoms with Crippen molar-refractivity contribution >= 4 is 23.4 Å². The first kappa shape index (κ1) is 14.2. The fourth-order valence-electron chi connectivity index (χ4n) is 2.63. The lowest BCUT2D eigenvalue weighted by atomic mass is 9.91. The monoisotopic (exact) mass is 283 g/mol. The summed E-state index contributed by atoms with van der Waals surface area (Å²) in [6.07, 6.45) is 6.31. The Morgan fingerprint density at radius 2 is 2.22 bits per heavy atom. The number of hydrogen-bond donors (Lipinski definition) is 1. The van der Waals surface area contributed by atoms with E-state index >= 15 is 0 Å². The van der Waals surface area contributed by atoms with Crippen molar-refractivity contribution in [3.63, 3.8) is 0 Å². The van der Waals surface area contributed by atoms with Crippen LogP contribution < -0.4 is 5.73 Å². The van der Waals surface area contributed by atoms with E-state index in [1.807, 2.05) is 11.8 Å². The number of rotatable bonds is 4. The maximum atomic E-state index is 6.36. The Bertz CT molecular complexity index is 394. The third-order valence-corrected chi connectivity index (χ3v) is 5.41. The van der Waals surface area contributed by atoms with Gasteiger partial charge in [-0.05, 0) is 49.4 Å². The molecule has 1 aromatic carbocycles. The van der Waals surface area contributed by atoms with Gasteiger partial charge >= 0.3 is 0 Å². The number of thioether (sulfide) groups is 1. The van der Waals surface area contributed by atoms with Gasteiger partial charge in [0.15, 0.2) is 0 Å². The van der Waals surface area contributed by atoms with Crippen molar-refractivity contribution in [3.05, 3.63) is 28.8 Å². The highest BCUT2D eigenvalue weighted by molar-refractivity contribution is 8.00. The molecular formula is C15H22ClNS. The zero-order valence-corrected chi connectivity index (χ0v) is 12.6. The van der Waals surface area contributed by atoms with Gasteiger partial charge in [0.1, 0.15) is 0 Å². The molecule has 0 aromatic heterocycles. The number of benzene rings is 1. The van der Waals surface area contributed by atoms with Crippen LogP contribution in [-0.2, 0) is 6.42 Å². The second kappa shape index (κ2) is 6.83. The molecule has 2 rings (SSSR count). The molecule has 0 bridgehead atoms. The summed E-state index contributed by atoms with van der Waals surface area (Å²) in [6.45, 7) is 3.04. The minimum atomic E-state index is 0.683. The van der Waals surface area contributed by atoms with Crippen molar-refractivity contribution in [1.82, 2.24) is 0 Å². The largest absolute Gasteiger partial charge is 0.330 e. The third-order valence-electron chi connectivity index (χ3n) is 3.61. The summed E-state index contributed by atoms with van der Waals surface area (Å²) in [6, 6.07) is 6.40. The van der Waals surface area contributed by atoms with Crippen molar-refractivity contribution in [2.45, 2.75) is 49.2 Å². The molecular weight excluding hydrogens is 262 g/mol. The smallest absolute Gasteiger partial charge is 0.0544 e. The number of nitrogens with two attached hydrogens (primary N) is 1. The molecule has 3 heteroatoms. The molecule has 2 N–H and O–H groups in total. The van der Waals surface area contributed by atoms with E-state index in [9.17, 15) is 0 Å². The van der Waals surface area contributed by atoms with Gasteiger partial charge in [-0.25, -0.2) is 0 Å². The second-order valence-electron chi connectivity index (χ2n) is 5.32. The molecule has 1 aromatic rings. The van der Waals surface area contributed by atoms with Crippen LogP contribution in [0.25, 0.3) is 0 Å². The van der Waals surface area contributed by atoms with E-state index in [-0.39, 0.29) is 0 Å². The Kier molecular flexibility index (Phi) is 5.40. The number of halogens is 1. The third kappa shape index (κ3) is 3.91. The van der Waals surface area contributed by atoms with Gasteiger partial charge in [-0.2, -0.15) is 0 Å². The topological polar surface area (TPSA) is 26.0 Å². The van der Waals surface area contributed by atoms with Crippen molar-refractivity contribution in [1.29, 1.82) is 0 Å². The maximum Gasteiger partial charge on any atom is 0.0544 e. The minimum absolute atomic E-state index is 0.683. The van der Waals surface area contributed by atoms with E-state index < -0.39 is 0 Å². The van der Waals surface area contributed by atoms with Crippen LogP contribution in [-0.4, -0.2) is 11.8 Å². The van der Waals surface area contributed by atoms with E-state index in [0.717, 1.165) is 22.6 Å². The summed E-state index contributed by atoms with van der Waals surface area (Å²) in [4.78, 5) is 1.23. The molecule has 1 saturated carbocycles. The highest BCUT2D eigenvalue weighted by Gasteiger charge is 2.20. The molecule has 0 heterocycles. The van der Waals surface area contributed by atoms with Gasteiger partial charge in [0.2, 0.25) is 0 Å². The number of hydrogen-bond acceptors (Lipinski definition) is 2. The van der Waals surface area contributed by atoms with Crippen LogP contribution >= 0.6 is 23.4 Å². The molecule has 2 atom stereocenters. The highest BCUT2D eigenvalue weighted by atomic mass is 35.5. The first-order valence-electron chi connectivity index (χ1n) is 6.84. The molecule has 0 spiro atoms. The van der Waals surface area contributed by atoms with Gasteiger partial charge in [-0.1, -0.05) is 37.4 Å². The molecule has 1 aliphatic rings. The predicted molar refractivity (Wildman–Crippen MR) is 81.5 cm³/mol. The molecule has 0 aliphatic heterocycles. The fraction of sp³-hybridized carbons (Fsp3) is 0.600. The summed E-state index contributed by atoms with van der Waals surface area (Å²) in [7, 11) is 0. The van der Waals surface area contributed by atoms with Gasteiger partial charge in [0.25, 0.3) is 0 Å². The van der Waals surface area contributed by atoms with Crippen LogP contribution in [0.1, 0.15) is 38.2 Å². The van der Waals surface area contributed by atoms with Gasteiger partial charge in [0, 0.05) is 10.1 Å². The van der Waals surface area contributed by atoms with Gasteiger partial charge in [-0.15, -0.1) is 11.8 Å². The Labute approximate surface area is 119 Å². The van der Waals surface area contributed by atoms with Crippen molar-refractivity contribution in [2.75, 3.05) is 6.54 Å². The molecule has 0 radical (unpaired) electrons. The van der Waals surface area contributed by atoms with Crippen molar-refractivity contribution in [3.8, 4) is 0 Å². The summed E-state index contributed by atoms with van der Waals surface area (Å²) < 4.78 is 0. The zero-order chi connectivity index (χ0) is 13.0. The summed E-state index contributed by atoms with van der Waals surface area (Å²) in [5, 5.41) is 1.63. The lowest BCUT2D eigenvalue weighted by Crippen LogP contribution is -2.14. The Morgan fingerprint density at radius 3 is 2.89 bits per heavy atom. The fourth-order valence-corrected chi connectivity index (χ4v) is 4.35. The van der Waals surface area contributed by atoms with Gasteiger partial charge in [0.05, 0.1) is 5.02 Å². The van der Waals surface area contributed by atoms with Crippen LogP contribution in [0.2, 0.25) is 5.02 Å². The summed E-state index contributed by atoms with van der Waals surface area (Å²) in [5.74, 6) is 0.867. The van der Waals surface area contributed by atoms with E-state index in [1.165, 1.54) is 36.1 Å². The van der Waals surface area contributed by atoms with Crippen LogP contribution in [0.3, 0.4) is 0 Å². The Morgan fingerprint density at radius 1 is 1.39 bits per heavy atom. The van der Waals surface area contributed by atoms with E-state index in [2.05, 4.69) is 25.1 Å². The first-order valence-corrected chi connectivity index (χ1v) is 8.10. The minimum Gasteiger partial charge on any atom is -0.330 e. The SMILES string of the molecule is CC1CCCC(Sc2ccc(CCN)cc2Cl)C1.